The number of anilines is 1. The molecule has 1 aromatic heterocycles. The predicted molar refractivity (Wildman–Crippen MR) is 71.1 cm³/mol. The molecule has 2 aromatic rings. The number of carboxylic acids is 1. The van der Waals surface area contributed by atoms with Crippen LogP contribution in [0.15, 0.2) is 22.7 Å². The molecule has 0 atom stereocenters. The number of amides is 1. The number of phenols is 1. The largest absolute Gasteiger partial charge is 0.506 e. The molecule has 21 heavy (non-hydrogen) atoms. The fourth-order valence-electron chi connectivity index (χ4n) is 1.64. The zero-order chi connectivity index (χ0) is 15.4. The van der Waals surface area contributed by atoms with E-state index in [9.17, 15) is 14.7 Å². The second kappa shape index (κ2) is 6.04. The number of nitrogens with zero attached hydrogens (tertiary/aromatic N) is 2. The zero-order valence-electron chi connectivity index (χ0n) is 11.2. The van der Waals surface area contributed by atoms with Gasteiger partial charge in [0.25, 0.3) is 0 Å². The molecule has 0 fully saturated rings. The molecule has 2 rings (SSSR count). The van der Waals surface area contributed by atoms with Gasteiger partial charge in [-0.15, -0.1) is 0 Å². The summed E-state index contributed by atoms with van der Waals surface area (Å²) in [5, 5.41) is 24.5. The van der Waals surface area contributed by atoms with E-state index in [2.05, 4.69) is 15.5 Å². The quantitative estimate of drug-likeness (QED) is 0.710. The highest BCUT2D eigenvalue weighted by molar-refractivity contribution is 5.95. The lowest BCUT2D eigenvalue weighted by Crippen LogP contribution is -2.13. The topological polar surface area (TPSA) is 126 Å². The van der Waals surface area contributed by atoms with E-state index in [0.29, 0.717) is 11.7 Å². The van der Waals surface area contributed by atoms with Crippen molar-refractivity contribution in [1.82, 2.24) is 10.1 Å². The number of nitrogens with one attached hydrogen (secondary N) is 1. The van der Waals surface area contributed by atoms with Gasteiger partial charge in [0.1, 0.15) is 5.75 Å². The van der Waals surface area contributed by atoms with Gasteiger partial charge in [-0.2, -0.15) is 4.98 Å². The van der Waals surface area contributed by atoms with Crippen LogP contribution in [0.3, 0.4) is 0 Å². The van der Waals surface area contributed by atoms with Crippen molar-refractivity contribution in [2.45, 2.75) is 19.8 Å². The van der Waals surface area contributed by atoms with E-state index in [1.807, 2.05) is 0 Å². The summed E-state index contributed by atoms with van der Waals surface area (Å²) in [5.41, 5.74) is 0.0113. The summed E-state index contributed by atoms with van der Waals surface area (Å²) in [6.07, 6.45) is 0.324. The van der Waals surface area contributed by atoms with E-state index in [1.54, 1.807) is 6.92 Å². The van der Waals surface area contributed by atoms with Gasteiger partial charge in [0.05, 0.1) is 11.3 Å². The average Bonchev–Trinajstić information content (AvgIpc) is 2.84. The Hall–Kier alpha value is -2.90. The molecule has 1 amide bonds. The number of carbonyl (C=O) groups excluding carboxylic acids is 1. The molecular weight excluding hydrogens is 278 g/mol. The zero-order valence-corrected chi connectivity index (χ0v) is 11.2. The summed E-state index contributed by atoms with van der Waals surface area (Å²) in [6, 6.07) is 3.64. The first kappa shape index (κ1) is 14.5. The van der Waals surface area contributed by atoms with Gasteiger partial charge in [0.2, 0.25) is 11.8 Å². The molecule has 0 saturated heterocycles. The van der Waals surface area contributed by atoms with Crippen LogP contribution < -0.4 is 5.32 Å². The van der Waals surface area contributed by atoms with Crippen LogP contribution in [0.2, 0.25) is 0 Å². The Morgan fingerprint density at radius 2 is 2.14 bits per heavy atom. The van der Waals surface area contributed by atoms with Gasteiger partial charge in [-0.25, -0.2) is 4.79 Å². The van der Waals surface area contributed by atoms with Gasteiger partial charge in [0, 0.05) is 12.8 Å². The molecule has 0 spiro atoms. The van der Waals surface area contributed by atoms with Crippen LogP contribution in [0.4, 0.5) is 5.69 Å². The third kappa shape index (κ3) is 3.78. The standard InChI is InChI=1S/C13H13N3O5/c1-7-14-12(21-16-7)5-4-11(18)15-9-6-8(13(19)20)2-3-10(9)17/h2-3,6,17H,4-5H2,1H3,(H,15,18)(H,19,20). The molecule has 1 heterocycles. The summed E-state index contributed by atoms with van der Waals surface area (Å²) in [6.45, 7) is 1.67. The Balaban J connectivity index is 1.99. The second-order valence-electron chi connectivity index (χ2n) is 4.32. The lowest BCUT2D eigenvalue weighted by molar-refractivity contribution is -0.116. The molecule has 0 aliphatic heterocycles. The number of carbonyl (C=O) groups is 2. The molecule has 8 nitrogen and oxygen atoms in total. The Morgan fingerprint density at radius 1 is 1.38 bits per heavy atom. The number of aromatic carboxylic acids is 1. The maximum absolute atomic E-state index is 11.8. The van der Waals surface area contributed by atoms with E-state index in [1.165, 1.54) is 18.2 Å². The van der Waals surface area contributed by atoms with Crippen LogP contribution in [0, 0.1) is 6.92 Å². The van der Waals surface area contributed by atoms with Crippen molar-refractivity contribution in [1.29, 1.82) is 0 Å². The fourth-order valence-corrected chi connectivity index (χ4v) is 1.64. The Morgan fingerprint density at radius 3 is 2.76 bits per heavy atom. The van der Waals surface area contributed by atoms with Gasteiger partial charge in [0.15, 0.2) is 5.82 Å². The van der Waals surface area contributed by atoms with Crippen LogP contribution in [0.5, 0.6) is 5.75 Å². The van der Waals surface area contributed by atoms with E-state index < -0.39 is 11.9 Å². The van der Waals surface area contributed by atoms with Crippen LogP contribution >= 0.6 is 0 Å². The molecule has 110 valence electrons. The monoisotopic (exact) mass is 291 g/mol. The lowest BCUT2D eigenvalue weighted by Gasteiger charge is -2.07. The van der Waals surface area contributed by atoms with Crippen LogP contribution in [-0.4, -0.2) is 32.2 Å². The number of rotatable bonds is 5. The van der Waals surface area contributed by atoms with Crippen molar-refractivity contribution in [3.63, 3.8) is 0 Å². The summed E-state index contributed by atoms with van der Waals surface area (Å²) in [7, 11) is 0. The molecular formula is C13H13N3O5. The minimum Gasteiger partial charge on any atom is -0.506 e. The summed E-state index contributed by atoms with van der Waals surface area (Å²) in [4.78, 5) is 26.6. The molecule has 0 radical (unpaired) electrons. The van der Waals surface area contributed by atoms with Gasteiger partial charge in [-0.05, 0) is 25.1 Å². The van der Waals surface area contributed by atoms with E-state index in [-0.39, 0.29) is 29.8 Å². The molecule has 0 bridgehead atoms. The van der Waals surface area contributed by atoms with Gasteiger partial charge < -0.3 is 20.1 Å². The first-order valence-corrected chi connectivity index (χ1v) is 6.11. The lowest BCUT2D eigenvalue weighted by atomic mass is 10.2. The molecule has 3 N–H and O–H groups in total. The molecule has 0 unspecified atom stereocenters. The number of carboxylic acid groups (broad SMARTS) is 1. The number of aromatic nitrogens is 2. The number of benzene rings is 1. The van der Waals surface area contributed by atoms with Crippen LogP contribution in [0.25, 0.3) is 0 Å². The summed E-state index contributed by atoms with van der Waals surface area (Å²) >= 11 is 0. The summed E-state index contributed by atoms with van der Waals surface area (Å²) in [5.74, 6) is -0.930. The second-order valence-corrected chi connectivity index (χ2v) is 4.32. The highest BCUT2D eigenvalue weighted by Gasteiger charge is 2.12. The van der Waals surface area contributed by atoms with Gasteiger partial charge in [-0.3, -0.25) is 4.79 Å². The van der Waals surface area contributed by atoms with Gasteiger partial charge >= 0.3 is 5.97 Å². The molecule has 0 aliphatic carbocycles. The number of aryl methyl sites for hydroxylation is 2. The molecule has 8 heteroatoms. The van der Waals surface area contributed by atoms with Crippen molar-refractivity contribution < 1.29 is 24.3 Å². The summed E-state index contributed by atoms with van der Waals surface area (Å²) < 4.78 is 4.87. The van der Waals surface area contributed by atoms with Crippen LogP contribution in [-0.2, 0) is 11.2 Å². The minimum absolute atomic E-state index is 0.0318. The van der Waals surface area contributed by atoms with Crippen molar-refractivity contribution in [3.8, 4) is 5.75 Å². The average molecular weight is 291 g/mol. The first-order valence-electron chi connectivity index (χ1n) is 6.11. The van der Waals surface area contributed by atoms with E-state index in [0.717, 1.165) is 0 Å². The van der Waals surface area contributed by atoms with Crippen molar-refractivity contribution >= 4 is 17.6 Å². The number of hydrogen-bond acceptors (Lipinski definition) is 6. The Bertz CT molecular complexity index is 680. The van der Waals surface area contributed by atoms with Crippen LogP contribution in [0.1, 0.15) is 28.5 Å². The molecule has 0 aliphatic rings. The minimum atomic E-state index is -1.15. The SMILES string of the molecule is Cc1noc(CCC(=O)Nc2cc(C(=O)O)ccc2O)n1. The van der Waals surface area contributed by atoms with E-state index >= 15 is 0 Å². The van der Waals surface area contributed by atoms with Gasteiger partial charge in [-0.1, -0.05) is 5.16 Å². The highest BCUT2D eigenvalue weighted by Crippen LogP contribution is 2.24. The predicted octanol–water partition coefficient (Wildman–Crippen LogP) is 1.35. The number of aromatic hydroxyl groups is 1. The van der Waals surface area contributed by atoms with Crippen molar-refractivity contribution in [2.24, 2.45) is 0 Å². The third-order valence-corrected chi connectivity index (χ3v) is 2.65. The third-order valence-electron chi connectivity index (χ3n) is 2.65. The number of phenolic OH excluding ortho intramolecular Hbond substituents is 1. The van der Waals surface area contributed by atoms with Crippen molar-refractivity contribution in [3.05, 3.63) is 35.5 Å². The molecule has 0 saturated carbocycles. The normalized spacial score (nSPS) is 10.3. The fraction of sp³-hybridized carbons (Fsp3) is 0.231. The maximum Gasteiger partial charge on any atom is 0.335 e. The maximum atomic E-state index is 11.8. The molecule has 1 aromatic carbocycles. The Kier molecular flexibility index (Phi) is 4.17. The number of hydrogen-bond donors (Lipinski definition) is 3. The smallest absolute Gasteiger partial charge is 0.335 e. The van der Waals surface area contributed by atoms with Crippen molar-refractivity contribution in [2.75, 3.05) is 5.32 Å². The first-order chi connectivity index (χ1) is 9.95. The Labute approximate surface area is 119 Å². The highest BCUT2D eigenvalue weighted by atomic mass is 16.5. The van der Waals surface area contributed by atoms with E-state index in [4.69, 9.17) is 9.63 Å².